The summed E-state index contributed by atoms with van der Waals surface area (Å²) in [6, 6.07) is 1.48. The molecule has 2 aromatic heterocycles. The minimum absolute atomic E-state index is 0.138. The van der Waals surface area contributed by atoms with Crippen LogP contribution in [0.25, 0.3) is 0 Å². The second-order valence-corrected chi connectivity index (χ2v) is 7.48. The Hall–Kier alpha value is -1.38. The van der Waals surface area contributed by atoms with Gasteiger partial charge in [-0.25, -0.2) is 13.4 Å². The quantitative estimate of drug-likeness (QED) is 0.850. The molecule has 0 aromatic carbocycles. The molecule has 2 aromatic rings. The molecule has 116 valence electrons. The van der Waals surface area contributed by atoms with Crippen LogP contribution in [0, 0.1) is 6.92 Å². The Bertz CT molecular complexity index is 710. The van der Waals surface area contributed by atoms with Crippen molar-refractivity contribution in [2.45, 2.75) is 45.2 Å². The summed E-state index contributed by atoms with van der Waals surface area (Å²) in [4.78, 5) is 5.43. The van der Waals surface area contributed by atoms with E-state index >= 15 is 0 Å². The molecule has 0 unspecified atom stereocenters. The predicted octanol–water partition coefficient (Wildman–Crippen LogP) is 2.13. The maximum atomic E-state index is 12.4. The lowest BCUT2D eigenvalue weighted by Gasteiger charge is -2.02. The summed E-state index contributed by atoms with van der Waals surface area (Å²) in [6.45, 7) is 6.20. The van der Waals surface area contributed by atoms with E-state index in [0.29, 0.717) is 17.4 Å². The highest BCUT2D eigenvalue weighted by Crippen LogP contribution is 2.25. The molecule has 6 nitrogen and oxygen atoms in total. The van der Waals surface area contributed by atoms with Crippen LogP contribution in [0.3, 0.4) is 0 Å². The smallest absolute Gasteiger partial charge is 0.265 e. The van der Waals surface area contributed by atoms with Crippen molar-refractivity contribution >= 4 is 26.5 Å². The molecule has 0 fully saturated rings. The Morgan fingerprint density at radius 2 is 2.14 bits per heavy atom. The molecule has 0 atom stereocenters. The highest BCUT2D eigenvalue weighted by atomic mass is 32.2. The molecule has 0 radical (unpaired) electrons. The van der Waals surface area contributed by atoms with Crippen LogP contribution in [0.1, 0.15) is 30.1 Å². The van der Waals surface area contributed by atoms with Gasteiger partial charge in [-0.15, -0.1) is 11.3 Å². The van der Waals surface area contributed by atoms with E-state index in [1.54, 1.807) is 4.57 Å². The normalized spacial score (nSPS) is 11.8. The highest BCUT2D eigenvalue weighted by Gasteiger charge is 2.20. The molecule has 0 spiro atoms. The highest BCUT2D eigenvalue weighted by molar-refractivity contribution is 7.93. The lowest BCUT2D eigenvalue weighted by Crippen LogP contribution is -2.12. The van der Waals surface area contributed by atoms with Gasteiger partial charge in [0, 0.05) is 23.3 Å². The van der Waals surface area contributed by atoms with Crippen molar-refractivity contribution in [2.75, 3.05) is 4.72 Å². The van der Waals surface area contributed by atoms with Crippen LogP contribution >= 0.6 is 11.3 Å². The van der Waals surface area contributed by atoms with Gasteiger partial charge in [0.05, 0.1) is 12.3 Å². The Labute approximate surface area is 128 Å². The summed E-state index contributed by atoms with van der Waals surface area (Å²) < 4.78 is 28.9. The molecule has 0 aliphatic carbocycles. The first-order valence-corrected chi connectivity index (χ1v) is 9.00. The number of aryl methyl sites for hydroxylation is 3. The van der Waals surface area contributed by atoms with Crippen LogP contribution < -0.4 is 4.72 Å². The van der Waals surface area contributed by atoms with Gasteiger partial charge in [0.2, 0.25) is 0 Å². The van der Waals surface area contributed by atoms with Crippen LogP contribution in [0.2, 0.25) is 0 Å². The number of hydrogen-bond donors (Lipinski definition) is 2. The molecule has 2 heterocycles. The molecule has 0 amide bonds. The van der Waals surface area contributed by atoms with Gasteiger partial charge in [-0.1, -0.05) is 6.92 Å². The van der Waals surface area contributed by atoms with E-state index in [9.17, 15) is 13.5 Å². The number of aliphatic hydroxyl groups excluding tert-OH is 1. The lowest BCUT2D eigenvalue weighted by molar-refractivity contribution is 0.271. The number of anilines is 1. The molecule has 2 rings (SSSR count). The molecule has 2 N–H and O–H groups in total. The standard InChI is InChI=1S/C13H19N3O3S2/c1-4-12-9(3)20-13(14-12)15-21(18,19)11-6-10(8-17)16(5-2)7-11/h6-7,17H,4-5,8H2,1-3H3,(H,14,15). The van der Waals surface area contributed by atoms with E-state index in [4.69, 9.17) is 0 Å². The van der Waals surface area contributed by atoms with Crippen LogP contribution in [0.5, 0.6) is 0 Å². The van der Waals surface area contributed by atoms with Crippen molar-refractivity contribution in [3.63, 3.8) is 0 Å². The van der Waals surface area contributed by atoms with Crippen LogP contribution in [0.4, 0.5) is 5.13 Å². The summed E-state index contributed by atoms with van der Waals surface area (Å²) >= 11 is 1.33. The maximum Gasteiger partial charge on any atom is 0.265 e. The number of aliphatic hydroxyl groups is 1. The zero-order chi connectivity index (χ0) is 15.6. The zero-order valence-electron chi connectivity index (χ0n) is 12.3. The fraction of sp³-hybridized carbons (Fsp3) is 0.462. The summed E-state index contributed by atoms with van der Waals surface area (Å²) in [5, 5.41) is 9.62. The first kappa shape index (κ1) is 16.0. The van der Waals surface area contributed by atoms with Crippen LogP contribution in [0.15, 0.2) is 17.2 Å². The van der Waals surface area contributed by atoms with Gasteiger partial charge in [-0.2, -0.15) is 0 Å². The summed E-state index contributed by atoms with van der Waals surface area (Å²) in [7, 11) is -3.68. The van der Waals surface area contributed by atoms with Gasteiger partial charge < -0.3 is 9.67 Å². The fourth-order valence-electron chi connectivity index (χ4n) is 2.07. The van der Waals surface area contributed by atoms with Gasteiger partial charge in [-0.3, -0.25) is 4.72 Å². The molecule has 0 saturated heterocycles. The molecule has 0 bridgehead atoms. The van der Waals surface area contributed by atoms with Crippen molar-refractivity contribution in [1.82, 2.24) is 9.55 Å². The minimum atomic E-state index is -3.68. The van der Waals surface area contributed by atoms with Crippen molar-refractivity contribution < 1.29 is 13.5 Å². The Morgan fingerprint density at radius 3 is 2.62 bits per heavy atom. The van der Waals surface area contributed by atoms with Gasteiger partial charge in [-0.05, 0) is 26.3 Å². The number of nitrogens with zero attached hydrogens (tertiary/aromatic N) is 2. The number of hydrogen-bond acceptors (Lipinski definition) is 5. The number of rotatable bonds is 6. The molecule has 0 saturated carbocycles. The van der Waals surface area contributed by atoms with Gasteiger partial charge in [0.1, 0.15) is 4.90 Å². The third-order valence-corrected chi connectivity index (χ3v) is 5.59. The SMILES string of the molecule is CCc1nc(NS(=O)(=O)c2cc(CO)n(CC)c2)sc1C. The van der Waals surface area contributed by atoms with Crippen molar-refractivity contribution in [2.24, 2.45) is 0 Å². The molecular formula is C13H19N3O3S2. The van der Waals surface area contributed by atoms with Gasteiger partial charge in [0.25, 0.3) is 10.0 Å². The van der Waals surface area contributed by atoms with E-state index in [1.807, 2.05) is 20.8 Å². The van der Waals surface area contributed by atoms with Gasteiger partial charge >= 0.3 is 0 Å². The molecule has 0 aliphatic rings. The Kier molecular flexibility index (Phi) is 4.70. The number of aromatic nitrogens is 2. The Morgan fingerprint density at radius 1 is 1.43 bits per heavy atom. The van der Waals surface area contributed by atoms with Crippen molar-refractivity contribution in [3.05, 3.63) is 28.5 Å². The van der Waals surface area contributed by atoms with Crippen molar-refractivity contribution in [1.29, 1.82) is 0 Å². The Balaban J connectivity index is 2.31. The van der Waals surface area contributed by atoms with E-state index in [2.05, 4.69) is 9.71 Å². The van der Waals surface area contributed by atoms with Gasteiger partial charge in [0.15, 0.2) is 5.13 Å². The average molecular weight is 329 g/mol. The second-order valence-electron chi connectivity index (χ2n) is 4.59. The monoisotopic (exact) mass is 329 g/mol. The summed E-state index contributed by atoms with van der Waals surface area (Å²) in [5.41, 5.74) is 1.47. The molecule has 0 aliphatic heterocycles. The third-order valence-electron chi connectivity index (χ3n) is 3.22. The minimum Gasteiger partial charge on any atom is -0.390 e. The lowest BCUT2D eigenvalue weighted by atomic mass is 10.3. The van der Waals surface area contributed by atoms with E-state index in [0.717, 1.165) is 17.0 Å². The van der Waals surface area contributed by atoms with Crippen LogP contribution in [-0.2, 0) is 29.6 Å². The maximum absolute atomic E-state index is 12.4. The topological polar surface area (TPSA) is 84.2 Å². The average Bonchev–Trinajstić information content (AvgIpc) is 3.01. The zero-order valence-corrected chi connectivity index (χ0v) is 13.9. The summed E-state index contributed by atoms with van der Waals surface area (Å²) in [5.74, 6) is 0. The fourth-order valence-corrected chi connectivity index (χ4v) is 4.27. The molecule has 8 heteroatoms. The second kappa shape index (κ2) is 6.17. The summed E-state index contributed by atoms with van der Waals surface area (Å²) in [6.07, 6.45) is 2.29. The van der Waals surface area contributed by atoms with E-state index in [-0.39, 0.29) is 11.5 Å². The van der Waals surface area contributed by atoms with E-state index in [1.165, 1.54) is 23.6 Å². The third kappa shape index (κ3) is 3.28. The van der Waals surface area contributed by atoms with E-state index < -0.39 is 10.0 Å². The first-order valence-electron chi connectivity index (χ1n) is 6.70. The largest absolute Gasteiger partial charge is 0.390 e. The molecular weight excluding hydrogens is 310 g/mol. The number of thiazole rings is 1. The first-order chi connectivity index (χ1) is 9.91. The van der Waals surface area contributed by atoms with Crippen molar-refractivity contribution in [3.8, 4) is 0 Å². The number of sulfonamides is 1. The predicted molar refractivity (Wildman–Crippen MR) is 83.1 cm³/mol. The van der Waals surface area contributed by atoms with Crippen LogP contribution in [-0.4, -0.2) is 23.1 Å². The molecule has 21 heavy (non-hydrogen) atoms. The number of nitrogens with one attached hydrogen (secondary N) is 1.